The zero-order valence-corrected chi connectivity index (χ0v) is 14.9. The first-order valence-electron chi connectivity index (χ1n) is 8.02. The van der Waals surface area contributed by atoms with Gasteiger partial charge in [0.2, 0.25) is 5.90 Å². The van der Waals surface area contributed by atoms with E-state index in [9.17, 15) is 19.7 Å². The van der Waals surface area contributed by atoms with Gasteiger partial charge in [0.25, 0.3) is 5.69 Å². The lowest BCUT2D eigenvalue weighted by Gasteiger charge is -2.08. The largest absolute Gasteiger partial charge is 0.493 e. The second-order valence-corrected chi connectivity index (χ2v) is 5.61. The van der Waals surface area contributed by atoms with Gasteiger partial charge in [-0.3, -0.25) is 14.9 Å². The highest BCUT2D eigenvalue weighted by Gasteiger charge is 2.29. The maximum atomic E-state index is 12.1. The molecule has 0 atom stereocenters. The minimum Gasteiger partial charge on any atom is -0.493 e. The molecule has 0 radical (unpaired) electrons. The number of rotatable bonds is 5. The lowest BCUT2D eigenvalue weighted by Crippen LogP contribution is -2.07. The van der Waals surface area contributed by atoms with Crippen molar-refractivity contribution in [1.29, 1.82) is 0 Å². The van der Waals surface area contributed by atoms with Crippen LogP contribution in [0.15, 0.2) is 53.2 Å². The van der Waals surface area contributed by atoms with E-state index in [2.05, 4.69) is 4.99 Å². The third kappa shape index (κ3) is 3.88. The number of carbonyl (C=O) groups excluding carboxylic acids is 2. The van der Waals surface area contributed by atoms with Crippen LogP contribution >= 0.6 is 0 Å². The number of cyclic esters (lactones) is 1. The quantitative estimate of drug-likeness (QED) is 0.256. The predicted molar refractivity (Wildman–Crippen MR) is 98.0 cm³/mol. The Morgan fingerprint density at radius 2 is 1.96 bits per heavy atom. The number of benzene rings is 2. The predicted octanol–water partition coefficient (Wildman–Crippen LogP) is 2.87. The Morgan fingerprint density at radius 3 is 2.64 bits per heavy atom. The second-order valence-electron chi connectivity index (χ2n) is 5.61. The zero-order chi connectivity index (χ0) is 20.3. The first-order chi connectivity index (χ1) is 13.4. The van der Waals surface area contributed by atoms with Crippen LogP contribution in [-0.4, -0.2) is 29.9 Å². The summed E-state index contributed by atoms with van der Waals surface area (Å²) in [6, 6.07) is 10.5. The number of esters is 2. The van der Waals surface area contributed by atoms with Crippen LogP contribution in [0.25, 0.3) is 6.08 Å². The molecule has 0 unspecified atom stereocenters. The minimum absolute atomic E-state index is 0.0320. The molecule has 142 valence electrons. The van der Waals surface area contributed by atoms with Gasteiger partial charge in [0.15, 0.2) is 17.2 Å². The van der Waals surface area contributed by atoms with Gasteiger partial charge in [-0.15, -0.1) is 0 Å². The van der Waals surface area contributed by atoms with E-state index >= 15 is 0 Å². The number of methoxy groups -OCH3 is 1. The molecule has 0 amide bonds. The first-order valence-corrected chi connectivity index (χ1v) is 8.02. The zero-order valence-electron chi connectivity index (χ0n) is 14.9. The smallest absolute Gasteiger partial charge is 0.363 e. The number of ether oxygens (including phenoxy) is 3. The summed E-state index contributed by atoms with van der Waals surface area (Å²) in [4.78, 5) is 37.9. The molecule has 9 nitrogen and oxygen atoms in total. The molecule has 28 heavy (non-hydrogen) atoms. The maximum absolute atomic E-state index is 12.1. The topological polar surface area (TPSA) is 117 Å². The van der Waals surface area contributed by atoms with Gasteiger partial charge in [-0.2, -0.15) is 0 Å². The summed E-state index contributed by atoms with van der Waals surface area (Å²) < 4.78 is 15.3. The Morgan fingerprint density at radius 1 is 1.21 bits per heavy atom. The molecule has 1 heterocycles. The molecule has 2 aromatic carbocycles. The molecule has 3 rings (SSSR count). The van der Waals surface area contributed by atoms with Gasteiger partial charge in [0, 0.05) is 13.0 Å². The average molecular weight is 382 g/mol. The monoisotopic (exact) mass is 382 g/mol. The van der Waals surface area contributed by atoms with Gasteiger partial charge in [0.1, 0.15) is 5.56 Å². The number of nitro benzene ring substituents is 1. The molecule has 0 N–H and O–H groups in total. The van der Waals surface area contributed by atoms with Crippen LogP contribution in [0.3, 0.4) is 0 Å². The Kier molecular flexibility index (Phi) is 5.16. The lowest BCUT2D eigenvalue weighted by molar-refractivity contribution is -0.385. The number of nitrogens with zero attached hydrogens (tertiary/aromatic N) is 2. The summed E-state index contributed by atoms with van der Waals surface area (Å²) in [5, 5.41) is 11.2. The van der Waals surface area contributed by atoms with Crippen LogP contribution in [0.2, 0.25) is 0 Å². The van der Waals surface area contributed by atoms with Gasteiger partial charge in [-0.25, -0.2) is 9.79 Å². The van der Waals surface area contributed by atoms with Crippen molar-refractivity contribution in [3.05, 3.63) is 69.4 Å². The van der Waals surface area contributed by atoms with Gasteiger partial charge < -0.3 is 14.2 Å². The van der Waals surface area contributed by atoms with Crippen molar-refractivity contribution in [3.63, 3.8) is 0 Å². The molecule has 1 aliphatic rings. The highest BCUT2D eigenvalue weighted by atomic mass is 16.6. The third-order valence-electron chi connectivity index (χ3n) is 3.70. The molecule has 0 spiro atoms. The van der Waals surface area contributed by atoms with Gasteiger partial charge in [-0.05, 0) is 29.8 Å². The number of hydrogen-bond acceptors (Lipinski definition) is 8. The number of para-hydroxylation sites is 1. The van der Waals surface area contributed by atoms with Crippen molar-refractivity contribution < 1.29 is 28.7 Å². The maximum Gasteiger partial charge on any atom is 0.363 e. The molecule has 0 fully saturated rings. The third-order valence-corrected chi connectivity index (χ3v) is 3.70. The molecule has 1 aliphatic heterocycles. The minimum atomic E-state index is -0.740. The van der Waals surface area contributed by atoms with Crippen LogP contribution in [0.5, 0.6) is 11.5 Å². The van der Waals surface area contributed by atoms with Gasteiger partial charge in [-0.1, -0.05) is 18.2 Å². The van der Waals surface area contributed by atoms with Crippen molar-refractivity contribution >= 4 is 29.6 Å². The van der Waals surface area contributed by atoms with Gasteiger partial charge in [0.05, 0.1) is 12.0 Å². The summed E-state index contributed by atoms with van der Waals surface area (Å²) >= 11 is 0. The van der Waals surface area contributed by atoms with Crippen LogP contribution in [0.4, 0.5) is 5.69 Å². The van der Waals surface area contributed by atoms with E-state index in [1.54, 1.807) is 18.2 Å². The Labute approximate surface area is 159 Å². The van der Waals surface area contributed by atoms with Crippen LogP contribution in [0, 0.1) is 10.1 Å². The molecule has 0 aromatic heterocycles. The first kappa shape index (κ1) is 18.8. The Balaban J connectivity index is 1.96. The fourth-order valence-corrected chi connectivity index (χ4v) is 2.51. The lowest BCUT2D eigenvalue weighted by atomic mass is 10.1. The summed E-state index contributed by atoms with van der Waals surface area (Å²) in [7, 11) is 1.41. The average Bonchev–Trinajstić information content (AvgIpc) is 3.02. The summed E-state index contributed by atoms with van der Waals surface area (Å²) in [5.74, 6) is -0.861. The highest BCUT2D eigenvalue weighted by molar-refractivity contribution is 6.14. The molecular weight excluding hydrogens is 368 g/mol. The van der Waals surface area contributed by atoms with Crippen molar-refractivity contribution in [3.8, 4) is 11.5 Å². The normalized spacial score (nSPS) is 14.4. The molecule has 0 bridgehead atoms. The van der Waals surface area contributed by atoms with Crippen molar-refractivity contribution in [2.75, 3.05) is 7.11 Å². The number of aliphatic imine (C=N–C) groups is 1. The fraction of sp³-hybridized carbons (Fsp3) is 0.105. The summed E-state index contributed by atoms with van der Waals surface area (Å²) in [6.45, 7) is 1.27. The number of nitro groups is 1. The van der Waals surface area contributed by atoms with Crippen LogP contribution in [0.1, 0.15) is 18.1 Å². The standard InChI is InChI=1S/C19H14N2O7/c1-11(22)27-16-8-7-12(10-17(16)26-2)9-14-19(23)28-18(20-14)13-5-3-4-6-15(13)21(24)25/h3-10H,1-2H3. The molecule has 9 heteroatoms. The fourth-order valence-electron chi connectivity index (χ4n) is 2.51. The van der Waals surface area contributed by atoms with E-state index in [0.717, 1.165) is 0 Å². The Bertz CT molecular complexity index is 1040. The molecule has 0 saturated carbocycles. The Hall–Kier alpha value is -4.01. The molecule has 0 aliphatic carbocycles. The van der Waals surface area contributed by atoms with Crippen molar-refractivity contribution in [2.24, 2.45) is 4.99 Å². The number of hydrogen-bond donors (Lipinski definition) is 0. The highest BCUT2D eigenvalue weighted by Crippen LogP contribution is 2.30. The molecule has 0 saturated heterocycles. The summed E-state index contributed by atoms with van der Waals surface area (Å²) in [5.41, 5.74) is 0.387. The second kappa shape index (κ2) is 7.70. The van der Waals surface area contributed by atoms with Crippen LogP contribution < -0.4 is 9.47 Å². The van der Waals surface area contributed by atoms with E-state index < -0.39 is 16.9 Å². The van der Waals surface area contributed by atoms with Crippen molar-refractivity contribution in [1.82, 2.24) is 0 Å². The van der Waals surface area contributed by atoms with Crippen LogP contribution in [-0.2, 0) is 14.3 Å². The van der Waals surface area contributed by atoms with E-state index in [4.69, 9.17) is 14.2 Å². The van der Waals surface area contributed by atoms with E-state index in [1.165, 1.54) is 44.4 Å². The van der Waals surface area contributed by atoms with E-state index in [-0.39, 0.29) is 28.6 Å². The number of carbonyl (C=O) groups is 2. The van der Waals surface area contributed by atoms with Crippen molar-refractivity contribution in [2.45, 2.75) is 6.92 Å². The van der Waals surface area contributed by atoms with Gasteiger partial charge >= 0.3 is 11.9 Å². The molecule has 2 aromatic rings. The summed E-state index contributed by atoms with van der Waals surface area (Å²) in [6.07, 6.45) is 1.43. The van der Waals surface area contributed by atoms with E-state index in [0.29, 0.717) is 11.3 Å². The SMILES string of the molecule is COc1cc(C=C2N=C(c3ccccc3[N+](=O)[O-])OC2=O)ccc1OC(C)=O. The van der Waals surface area contributed by atoms with E-state index in [1.807, 2.05) is 0 Å². The molecular formula is C19H14N2O7.